The van der Waals surface area contributed by atoms with Crippen molar-refractivity contribution in [2.45, 2.75) is 32.2 Å². The Balaban J connectivity index is 1.61. The lowest BCUT2D eigenvalue weighted by atomic mass is 9.88. The first-order valence-electron chi connectivity index (χ1n) is 8.60. The van der Waals surface area contributed by atoms with Gasteiger partial charge in [-0.15, -0.1) is 0 Å². The van der Waals surface area contributed by atoms with E-state index < -0.39 is 0 Å². The first-order chi connectivity index (χ1) is 12.2. The number of hydrogen-bond acceptors (Lipinski definition) is 3. The number of rotatable bonds is 4. The Labute approximate surface area is 153 Å². The molecule has 0 spiro atoms. The minimum atomic E-state index is -0.312. The Morgan fingerprint density at radius 1 is 1.20 bits per heavy atom. The number of ether oxygens (including phenoxy) is 1. The van der Waals surface area contributed by atoms with Gasteiger partial charge in [-0.2, -0.15) is 0 Å². The maximum Gasteiger partial charge on any atom is 0.338 e. The van der Waals surface area contributed by atoms with Crippen LogP contribution in [0.2, 0.25) is 0 Å². The van der Waals surface area contributed by atoms with Gasteiger partial charge in [0.2, 0.25) is 0 Å². The Hall–Kier alpha value is -2.40. The summed E-state index contributed by atoms with van der Waals surface area (Å²) in [5.74, 6) is -0.312. The topological polar surface area (TPSA) is 50.4 Å². The molecule has 2 aromatic rings. The van der Waals surface area contributed by atoms with Crippen molar-refractivity contribution in [3.05, 3.63) is 65.2 Å². The predicted octanol–water partition coefficient (Wildman–Crippen LogP) is 4.23. The molecule has 25 heavy (non-hydrogen) atoms. The number of hydrogen-bond donors (Lipinski definition) is 2. The number of anilines is 1. The van der Waals surface area contributed by atoms with Crippen molar-refractivity contribution in [2.75, 3.05) is 11.9 Å². The van der Waals surface area contributed by atoms with E-state index in [-0.39, 0.29) is 12.0 Å². The van der Waals surface area contributed by atoms with Crippen LogP contribution < -0.4 is 10.6 Å². The molecule has 1 aliphatic carbocycles. The van der Waals surface area contributed by atoms with Crippen molar-refractivity contribution in [3.8, 4) is 0 Å². The van der Waals surface area contributed by atoms with Crippen molar-refractivity contribution in [1.29, 1.82) is 0 Å². The van der Waals surface area contributed by atoms with Crippen molar-refractivity contribution in [3.63, 3.8) is 0 Å². The number of benzene rings is 2. The van der Waals surface area contributed by atoms with Crippen molar-refractivity contribution in [2.24, 2.45) is 0 Å². The molecule has 4 nitrogen and oxygen atoms in total. The van der Waals surface area contributed by atoms with Gasteiger partial charge in [-0.1, -0.05) is 24.3 Å². The molecular formula is C20H22N2O2S. The van der Waals surface area contributed by atoms with E-state index in [2.05, 4.69) is 34.9 Å². The van der Waals surface area contributed by atoms with Gasteiger partial charge in [-0.25, -0.2) is 4.79 Å². The van der Waals surface area contributed by atoms with Gasteiger partial charge in [0.25, 0.3) is 0 Å². The number of esters is 1. The molecule has 0 bridgehead atoms. The third kappa shape index (κ3) is 4.37. The third-order valence-electron chi connectivity index (χ3n) is 4.33. The van der Waals surface area contributed by atoms with E-state index in [1.165, 1.54) is 11.1 Å². The second-order valence-electron chi connectivity index (χ2n) is 6.04. The summed E-state index contributed by atoms with van der Waals surface area (Å²) in [5.41, 5.74) is 4.10. The molecule has 3 rings (SSSR count). The zero-order chi connectivity index (χ0) is 17.6. The zero-order valence-corrected chi connectivity index (χ0v) is 15.1. The predicted molar refractivity (Wildman–Crippen MR) is 104 cm³/mol. The van der Waals surface area contributed by atoms with Gasteiger partial charge in [0.05, 0.1) is 18.2 Å². The van der Waals surface area contributed by atoms with Gasteiger partial charge in [0.1, 0.15) is 0 Å². The molecule has 0 heterocycles. The molecule has 2 N–H and O–H groups in total. The molecule has 2 aromatic carbocycles. The number of fused-ring (bicyclic) bond motifs is 1. The van der Waals surface area contributed by atoms with Crippen LogP contribution in [0.15, 0.2) is 48.5 Å². The fourth-order valence-electron chi connectivity index (χ4n) is 3.13. The van der Waals surface area contributed by atoms with Crippen LogP contribution in [0.1, 0.15) is 47.3 Å². The minimum Gasteiger partial charge on any atom is -0.462 e. The Kier molecular flexibility index (Phi) is 5.66. The summed E-state index contributed by atoms with van der Waals surface area (Å²) >= 11 is 5.46. The third-order valence-corrected chi connectivity index (χ3v) is 4.55. The van der Waals surface area contributed by atoms with Crippen molar-refractivity contribution in [1.82, 2.24) is 5.32 Å². The van der Waals surface area contributed by atoms with Crippen LogP contribution in [0.3, 0.4) is 0 Å². The summed E-state index contributed by atoms with van der Waals surface area (Å²) in [6.45, 7) is 2.16. The van der Waals surface area contributed by atoms with E-state index in [0.717, 1.165) is 24.9 Å². The summed E-state index contributed by atoms with van der Waals surface area (Å²) in [4.78, 5) is 11.7. The molecule has 0 saturated carbocycles. The Morgan fingerprint density at radius 2 is 1.96 bits per heavy atom. The van der Waals surface area contributed by atoms with E-state index in [9.17, 15) is 4.79 Å². The molecular weight excluding hydrogens is 332 g/mol. The largest absolute Gasteiger partial charge is 0.462 e. The Morgan fingerprint density at radius 3 is 2.72 bits per heavy atom. The Bertz CT molecular complexity index is 759. The highest BCUT2D eigenvalue weighted by atomic mass is 32.1. The lowest BCUT2D eigenvalue weighted by Gasteiger charge is -2.27. The van der Waals surface area contributed by atoms with Crippen molar-refractivity contribution >= 4 is 29.0 Å². The van der Waals surface area contributed by atoms with Crippen LogP contribution >= 0.6 is 12.2 Å². The van der Waals surface area contributed by atoms with Crippen LogP contribution in [0.4, 0.5) is 5.69 Å². The molecule has 1 atom stereocenters. The average Bonchev–Trinajstić information content (AvgIpc) is 2.63. The van der Waals surface area contributed by atoms with Crippen LogP contribution in [0, 0.1) is 0 Å². The van der Waals surface area contributed by atoms with E-state index in [0.29, 0.717) is 17.3 Å². The molecule has 0 aliphatic heterocycles. The maximum atomic E-state index is 11.7. The second-order valence-corrected chi connectivity index (χ2v) is 6.45. The van der Waals surface area contributed by atoms with E-state index in [1.807, 2.05) is 12.1 Å². The first kappa shape index (κ1) is 17.4. The molecule has 1 aliphatic rings. The number of carbonyl (C=O) groups is 1. The van der Waals surface area contributed by atoms with Gasteiger partial charge in [0.15, 0.2) is 5.11 Å². The smallest absolute Gasteiger partial charge is 0.338 e. The van der Waals surface area contributed by atoms with Crippen molar-refractivity contribution < 1.29 is 9.53 Å². The highest BCUT2D eigenvalue weighted by molar-refractivity contribution is 7.80. The van der Waals surface area contributed by atoms with Crippen LogP contribution in [0.5, 0.6) is 0 Å². The molecule has 0 fully saturated rings. The molecule has 0 radical (unpaired) electrons. The molecule has 0 amide bonds. The van der Waals surface area contributed by atoms with Gasteiger partial charge < -0.3 is 15.4 Å². The summed E-state index contributed by atoms with van der Waals surface area (Å²) in [7, 11) is 0. The number of thiocarbonyl (C=S) groups is 1. The van der Waals surface area contributed by atoms with Gasteiger partial charge in [-0.3, -0.25) is 0 Å². The highest BCUT2D eigenvalue weighted by Crippen LogP contribution is 2.29. The van der Waals surface area contributed by atoms with Crippen LogP contribution in [-0.2, 0) is 11.2 Å². The normalized spacial score (nSPS) is 15.8. The molecule has 0 aromatic heterocycles. The zero-order valence-electron chi connectivity index (χ0n) is 14.2. The molecule has 130 valence electrons. The van der Waals surface area contributed by atoms with Gasteiger partial charge >= 0.3 is 5.97 Å². The first-order valence-corrected chi connectivity index (χ1v) is 9.00. The molecule has 0 unspecified atom stereocenters. The van der Waals surface area contributed by atoms with E-state index in [4.69, 9.17) is 17.0 Å². The van der Waals surface area contributed by atoms with Gasteiger partial charge in [0, 0.05) is 5.69 Å². The lowest BCUT2D eigenvalue weighted by molar-refractivity contribution is 0.0526. The summed E-state index contributed by atoms with van der Waals surface area (Å²) in [6.07, 6.45) is 3.36. The summed E-state index contributed by atoms with van der Waals surface area (Å²) in [5, 5.41) is 7.18. The number of aryl methyl sites for hydroxylation is 1. The van der Waals surface area contributed by atoms with Gasteiger partial charge in [-0.05, 0) is 73.8 Å². The van der Waals surface area contributed by atoms with Crippen LogP contribution in [-0.4, -0.2) is 17.7 Å². The standard InChI is InChI=1S/C20H22N2O2S/c1-2-24-19(23)15-10-12-16(13-11-15)21-20(25)22-18-9-5-7-14-6-3-4-8-17(14)18/h3-4,6,8,10-13,18H,2,5,7,9H2,1H3,(H2,21,22,25)/t18-/m1/s1. The lowest BCUT2D eigenvalue weighted by Crippen LogP contribution is -2.34. The summed E-state index contributed by atoms with van der Waals surface area (Å²) in [6, 6.07) is 15.9. The fraction of sp³-hybridized carbons (Fsp3) is 0.300. The molecule has 5 heteroatoms. The highest BCUT2D eigenvalue weighted by Gasteiger charge is 2.20. The van der Waals surface area contributed by atoms with Crippen LogP contribution in [0.25, 0.3) is 0 Å². The second kappa shape index (κ2) is 8.12. The average molecular weight is 354 g/mol. The van der Waals surface area contributed by atoms with E-state index >= 15 is 0 Å². The maximum absolute atomic E-state index is 11.7. The minimum absolute atomic E-state index is 0.240. The number of nitrogens with one attached hydrogen (secondary N) is 2. The SMILES string of the molecule is CCOC(=O)c1ccc(NC(=S)N[C@@H]2CCCc3ccccc32)cc1. The quantitative estimate of drug-likeness (QED) is 0.636. The molecule has 0 saturated heterocycles. The fourth-order valence-corrected chi connectivity index (χ4v) is 3.39. The summed E-state index contributed by atoms with van der Waals surface area (Å²) < 4.78 is 4.99. The monoisotopic (exact) mass is 354 g/mol. The number of carbonyl (C=O) groups excluding carboxylic acids is 1. The van der Waals surface area contributed by atoms with E-state index in [1.54, 1.807) is 19.1 Å².